The number of hydrogen-bond donors (Lipinski definition) is 2. The van der Waals surface area contributed by atoms with Crippen LogP contribution >= 0.6 is 11.6 Å². The van der Waals surface area contributed by atoms with Gasteiger partial charge in [0.05, 0.1) is 6.10 Å². The first-order chi connectivity index (χ1) is 7.65. The Hall–Kier alpha value is -0.640. The summed E-state index contributed by atoms with van der Waals surface area (Å²) >= 11 is 5.92. The minimum Gasteiger partial charge on any atom is -0.391 e. The molecule has 0 bridgehead atoms. The van der Waals surface area contributed by atoms with Crippen molar-refractivity contribution in [2.24, 2.45) is 0 Å². The van der Waals surface area contributed by atoms with Crippen molar-refractivity contribution in [3.8, 4) is 0 Å². The Morgan fingerprint density at radius 2 is 2.25 bits per heavy atom. The minimum absolute atomic E-state index is 0.318. The van der Waals surface area contributed by atoms with Gasteiger partial charge in [-0.05, 0) is 36.6 Å². The number of aliphatic hydroxyl groups excluding tert-OH is 1. The number of benzene rings is 1. The molecule has 0 heterocycles. The van der Waals surface area contributed by atoms with E-state index in [2.05, 4.69) is 5.32 Å². The molecule has 1 fully saturated rings. The Balaban J connectivity index is 1.88. The average Bonchev–Trinajstić information content (AvgIpc) is 3.04. The van der Waals surface area contributed by atoms with Gasteiger partial charge < -0.3 is 10.4 Å². The van der Waals surface area contributed by atoms with E-state index in [0.717, 1.165) is 0 Å². The van der Waals surface area contributed by atoms with Crippen LogP contribution in [-0.2, 0) is 6.42 Å². The third-order valence-corrected chi connectivity index (χ3v) is 3.05. The van der Waals surface area contributed by atoms with E-state index >= 15 is 0 Å². The van der Waals surface area contributed by atoms with Crippen molar-refractivity contribution in [3.05, 3.63) is 34.6 Å². The van der Waals surface area contributed by atoms with Gasteiger partial charge in [-0.2, -0.15) is 0 Å². The number of halogens is 2. The van der Waals surface area contributed by atoms with Crippen LogP contribution in [0.1, 0.15) is 18.4 Å². The van der Waals surface area contributed by atoms with Crippen molar-refractivity contribution in [1.29, 1.82) is 0 Å². The van der Waals surface area contributed by atoms with Gasteiger partial charge in [0.1, 0.15) is 5.82 Å². The summed E-state index contributed by atoms with van der Waals surface area (Å²) in [5, 5.41) is 13.5. The van der Waals surface area contributed by atoms with Crippen LogP contribution in [0.2, 0.25) is 5.02 Å². The van der Waals surface area contributed by atoms with Crippen LogP contribution < -0.4 is 5.32 Å². The molecule has 1 aromatic rings. The Bertz CT molecular complexity index is 368. The van der Waals surface area contributed by atoms with E-state index in [0.29, 0.717) is 29.6 Å². The molecule has 88 valence electrons. The van der Waals surface area contributed by atoms with Crippen molar-refractivity contribution in [3.63, 3.8) is 0 Å². The Labute approximate surface area is 99.4 Å². The van der Waals surface area contributed by atoms with Gasteiger partial charge in [0.25, 0.3) is 0 Å². The van der Waals surface area contributed by atoms with Gasteiger partial charge in [-0.15, -0.1) is 0 Å². The van der Waals surface area contributed by atoms with Crippen LogP contribution in [-0.4, -0.2) is 23.8 Å². The van der Waals surface area contributed by atoms with Gasteiger partial charge in [-0.1, -0.05) is 11.6 Å². The second kappa shape index (κ2) is 5.13. The predicted molar refractivity (Wildman–Crippen MR) is 62.1 cm³/mol. The highest BCUT2D eigenvalue weighted by Crippen LogP contribution is 2.20. The fourth-order valence-electron chi connectivity index (χ4n) is 1.62. The third kappa shape index (κ3) is 3.44. The predicted octanol–water partition coefficient (Wildman–Crippen LogP) is 2.13. The highest BCUT2D eigenvalue weighted by atomic mass is 35.5. The summed E-state index contributed by atoms with van der Waals surface area (Å²) in [6.45, 7) is 0.539. The van der Waals surface area contributed by atoms with Crippen LogP contribution in [0.4, 0.5) is 4.39 Å². The van der Waals surface area contributed by atoms with Gasteiger partial charge >= 0.3 is 0 Å². The molecule has 4 heteroatoms. The lowest BCUT2D eigenvalue weighted by Gasteiger charge is -2.12. The Morgan fingerprint density at radius 1 is 1.50 bits per heavy atom. The molecule has 0 radical (unpaired) electrons. The standard InChI is InChI=1S/C12H15ClFNO/c13-12-4-1-9(14)5-8(12)6-11(16)7-15-10-2-3-10/h1,4-5,10-11,15-16H,2-3,6-7H2. The molecule has 0 spiro atoms. The van der Waals surface area contributed by atoms with Crippen molar-refractivity contribution < 1.29 is 9.50 Å². The van der Waals surface area contributed by atoms with Crippen molar-refractivity contribution >= 4 is 11.6 Å². The number of aliphatic hydroxyl groups is 1. The Morgan fingerprint density at radius 3 is 2.94 bits per heavy atom. The van der Waals surface area contributed by atoms with Crippen LogP contribution in [0.15, 0.2) is 18.2 Å². The molecule has 1 atom stereocenters. The zero-order valence-electron chi connectivity index (χ0n) is 8.92. The van der Waals surface area contributed by atoms with Gasteiger partial charge in [0, 0.05) is 24.0 Å². The summed E-state index contributed by atoms with van der Waals surface area (Å²) in [7, 11) is 0. The summed E-state index contributed by atoms with van der Waals surface area (Å²) in [5.74, 6) is -0.318. The largest absolute Gasteiger partial charge is 0.391 e. The van der Waals surface area contributed by atoms with E-state index in [-0.39, 0.29) is 5.82 Å². The van der Waals surface area contributed by atoms with E-state index in [9.17, 15) is 9.50 Å². The van der Waals surface area contributed by atoms with Crippen molar-refractivity contribution in [2.75, 3.05) is 6.54 Å². The highest BCUT2D eigenvalue weighted by Gasteiger charge is 2.21. The van der Waals surface area contributed by atoms with E-state index in [1.807, 2.05) is 0 Å². The lowest BCUT2D eigenvalue weighted by atomic mass is 10.1. The molecule has 1 aliphatic rings. The smallest absolute Gasteiger partial charge is 0.123 e. The molecular formula is C12H15ClFNO. The summed E-state index contributed by atoms with van der Waals surface area (Å²) in [5.41, 5.74) is 0.659. The quantitative estimate of drug-likeness (QED) is 0.831. The van der Waals surface area contributed by atoms with Gasteiger partial charge in [-0.25, -0.2) is 4.39 Å². The first-order valence-electron chi connectivity index (χ1n) is 5.50. The summed E-state index contributed by atoms with van der Waals surface area (Å²) < 4.78 is 13.0. The van der Waals surface area contributed by atoms with E-state index in [1.165, 1.54) is 31.0 Å². The lowest BCUT2D eigenvalue weighted by molar-refractivity contribution is 0.171. The van der Waals surface area contributed by atoms with E-state index in [4.69, 9.17) is 11.6 Å². The number of nitrogens with one attached hydrogen (secondary N) is 1. The van der Waals surface area contributed by atoms with Gasteiger partial charge in [0.15, 0.2) is 0 Å². The molecule has 0 amide bonds. The molecule has 2 nitrogen and oxygen atoms in total. The van der Waals surface area contributed by atoms with Crippen molar-refractivity contribution in [2.45, 2.75) is 31.4 Å². The molecule has 2 N–H and O–H groups in total. The first kappa shape index (κ1) is 11.8. The zero-order chi connectivity index (χ0) is 11.5. The molecular weight excluding hydrogens is 229 g/mol. The molecule has 1 saturated carbocycles. The van der Waals surface area contributed by atoms with Gasteiger partial charge in [-0.3, -0.25) is 0 Å². The second-order valence-corrected chi connectivity index (χ2v) is 4.68. The minimum atomic E-state index is -0.514. The Kier molecular flexibility index (Phi) is 3.79. The molecule has 1 aromatic carbocycles. The highest BCUT2D eigenvalue weighted by molar-refractivity contribution is 6.31. The molecule has 0 saturated heterocycles. The van der Waals surface area contributed by atoms with Gasteiger partial charge in [0.2, 0.25) is 0 Å². The molecule has 0 aliphatic heterocycles. The maximum absolute atomic E-state index is 13.0. The fourth-order valence-corrected chi connectivity index (χ4v) is 1.81. The molecule has 16 heavy (non-hydrogen) atoms. The second-order valence-electron chi connectivity index (χ2n) is 4.28. The zero-order valence-corrected chi connectivity index (χ0v) is 9.67. The molecule has 2 rings (SSSR count). The van der Waals surface area contributed by atoms with E-state index in [1.54, 1.807) is 0 Å². The third-order valence-electron chi connectivity index (χ3n) is 2.68. The first-order valence-corrected chi connectivity index (χ1v) is 5.88. The number of hydrogen-bond acceptors (Lipinski definition) is 2. The van der Waals surface area contributed by atoms with Crippen LogP contribution in [0.5, 0.6) is 0 Å². The monoisotopic (exact) mass is 243 g/mol. The normalized spacial score (nSPS) is 17.4. The SMILES string of the molecule is OC(CNC1CC1)Cc1cc(F)ccc1Cl. The summed E-state index contributed by atoms with van der Waals surface area (Å²) in [4.78, 5) is 0. The van der Waals surface area contributed by atoms with Crippen LogP contribution in [0.3, 0.4) is 0 Å². The molecule has 1 aliphatic carbocycles. The topological polar surface area (TPSA) is 32.3 Å². The lowest BCUT2D eigenvalue weighted by Crippen LogP contribution is -2.29. The van der Waals surface area contributed by atoms with Crippen LogP contribution in [0.25, 0.3) is 0 Å². The van der Waals surface area contributed by atoms with E-state index < -0.39 is 6.10 Å². The maximum atomic E-state index is 13.0. The maximum Gasteiger partial charge on any atom is 0.123 e. The molecule has 1 unspecified atom stereocenters. The summed E-state index contributed by atoms with van der Waals surface area (Å²) in [6.07, 6.45) is 2.25. The molecule has 0 aromatic heterocycles. The number of rotatable bonds is 5. The fraction of sp³-hybridized carbons (Fsp3) is 0.500. The summed E-state index contributed by atoms with van der Waals surface area (Å²) in [6, 6.07) is 4.79. The van der Waals surface area contributed by atoms with Crippen molar-refractivity contribution in [1.82, 2.24) is 5.32 Å². The van der Waals surface area contributed by atoms with Crippen LogP contribution in [0, 0.1) is 5.82 Å². The average molecular weight is 244 g/mol.